The van der Waals surface area contributed by atoms with Gasteiger partial charge in [-0.2, -0.15) is 0 Å². The van der Waals surface area contributed by atoms with Gasteiger partial charge in [0.05, 0.1) is 18.7 Å². The van der Waals surface area contributed by atoms with Crippen LogP contribution in [0.3, 0.4) is 0 Å². The van der Waals surface area contributed by atoms with Crippen LogP contribution in [0.25, 0.3) is 0 Å². The summed E-state index contributed by atoms with van der Waals surface area (Å²) in [5.41, 5.74) is 1.83. The highest BCUT2D eigenvalue weighted by Crippen LogP contribution is 2.21. The Kier molecular flexibility index (Phi) is 4.82. The van der Waals surface area contributed by atoms with Crippen molar-refractivity contribution in [3.05, 3.63) is 52.7 Å². The maximum Gasteiger partial charge on any atom is 0.128 e. The third-order valence-electron chi connectivity index (χ3n) is 3.06. The van der Waals surface area contributed by atoms with Gasteiger partial charge in [-0.25, -0.2) is 4.98 Å². The zero-order valence-electron chi connectivity index (χ0n) is 11.5. The molecule has 2 aromatic rings. The molecule has 0 bridgehead atoms. The zero-order chi connectivity index (χ0) is 14.5. The molecule has 106 valence electrons. The number of pyridine rings is 1. The van der Waals surface area contributed by atoms with Crippen molar-refractivity contribution in [1.29, 1.82) is 0 Å². The normalized spacial score (nSPS) is 10.4. The number of aliphatic hydroxyl groups is 1. The molecule has 0 aliphatic heterocycles. The van der Waals surface area contributed by atoms with E-state index in [-0.39, 0.29) is 6.61 Å². The minimum atomic E-state index is -0.0925. The van der Waals surface area contributed by atoms with Crippen molar-refractivity contribution in [3.8, 4) is 5.75 Å². The second-order valence-corrected chi connectivity index (χ2v) is 4.90. The number of aliphatic hydroxyl groups excluding tert-OH is 1. The molecule has 2 rings (SSSR count). The summed E-state index contributed by atoms with van der Waals surface area (Å²) in [5, 5.41) is 9.71. The van der Waals surface area contributed by atoms with Gasteiger partial charge in [0.25, 0.3) is 0 Å². The van der Waals surface area contributed by atoms with Crippen molar-refractivity contribution in [2.75, 3.05) is 19.1 Å². The molecule has 0 aliphatic carbocycles. The highest BCUT2D eigenvalue weighted by molar-refractivity contribution is 6.31. The second-order valence-electron chi connectivity index (χ2n) is 4.50. The van der Waals surface area contributed by atoms with Gasteiger partial charge in [-0.3, -0.25) is 0 Å². The van der Waals surface area contributed by atoms with Gasteiger partial charge < -0.3 is 14.7 Å². The molecule has 0 atom stereocenters. The van der Waals surface area contributed by atoms with E-state index in [1.807, 2.05) is 36.2 Å². The lowest BCUT2D eigenvalue weighted by atomic mass is 10.2. The minimum Gasteiger partial charge on any atom is -0.497 e. The van der Waals surface area contributed by atoms with Gasteiger partial charge in [-0.1, -0.05) is 23.7 Å². The van der Waals surface area contributed by atoms with Crippen molar-refractivity contribution < 1.29 is 9.84 Å². The number of halogens is 1. The van der Waals surface area contributed by atoms with Crippen LogP contribution in [0.2, 0.25) is 5.02 Å². The highest BCUT2D eigenvalue weighted by Gasteiger charge is 2.07. The van der Waals surface area contributed by atoms with E-state index in [1.165, 1.54) is 0 Å². The number of hydrogen-bond acceptors (Lipinski definition) is 4. The quantitative estimate of drug-likeness (QED) is 0.920. The topological polar surface area (TPSA) is 45.6 Å². The van der Waals surface area contributed by atoms with E-state index in [4.69, 9.17) is 16.3 Å². The fourth-order valence-corrected chi connectivity index (χ4v) is 2.05. The van der Waals surface area contributed by atoms with Crippen LogP contribution in [0.5, 0.6) is 5.75 Å². The highest BCUT2D eigenvalue weighted by atomic mass is 35.5. The molecule has 0 radical (unpaired) electrons. The van der Waals surface area contributed by atoms with Crippen LogP contribution in [0.1, 0.15) is 11.1 Å². The lowest BCUT2D eigenvalue weighted by molar-refractivity contribution is 0.282. The van der Waals surface area contributed by atoms with Gasteiger partial charge in [0.2, 0.25) is 0 Å². The van der Waals surface area contributed by atoms with Crippen molar-refractivity contribution in [3.63, 3.8) is 0 Å². The first-order chi connectivity index (χ1) is 9.63. The molecule has 0 aliphatic rings. The van der Waals surface area contributed by atoms with E-state index >= 15 is 0 Å². The molecule has 1 N–H and O–H groups in total. The molecule has 20 heavy (non-hydrogen) atoms. The smallest absolute Gasteiger partial charge is 0.128 e. The predicted molar refractivity (Wildman–Crippen MR) is 80.3 cm³/mol. The Morgan fingerprint density at radius 3 is 2.60 bits per heavy atom. The number of benzene rings is 1. The number of aromatic nitrogens is 1. The molecule has 0 saturated heterocycles. The number of rotatable bonds is 5. The lowest BCUT2D eigenvalue weighted by Crippen LogP contribution is -2.17. The van der Waals surface area contributed by atoms with Crippen LogP contribution in [-0.2, 0) is 13.2 Å². The van der Waals surface area contributed by atoms with E-state index in [0.717, 1.165) is 17.1 Å². The summed E-state index contributed by atoms with van der Waals surface area (Å²) in [7, 11) is 3.59. The Bertz CT molecular complexity index is 573. The Morgan fingerprint density at radius 1 is 1.30 bits per heavy atom. The summed E-state index contributed by atoms with van der Waals surface area (Å²) in [6.45, 7) is 0.619. The van der Waals surface area contributed by atoms with Crippen molar-refractivity contribution in [1.82, 2.24) is 4.98 Å². The molecular formula is C15H17ClN2O2. The van der Waals surface area contributed by atoms with Crippen molar-refractivity contribution in [2.24, 2.45) is 0 Å². The van der Waals surface area contributed by atoms with Gasteiger partial charge in [-0.05, 0) is 23.8 Å². The first kappa shape index (κ1) is 14.6. The molecule has 1 aromatic heterocycles. The van der Waals surface area contributed by atoms with Crippen molar-refractivity contribution in [2.45, 2.75) is 13.2 Å². The summed E-state index contributed by atoms with van der Waals surface area (Å²) in [5.74, 6) is 1.61. The molecule has 0 fully saturated rings. The average Bonchev–Trinajstić information content (AvgIpc) is 2.48. The average molecular weight is 293 g/mol. The third-order valence-corrected chi connectivity index (χ3v) is 3.40. The van der Waals surface area contributed by atoms with Gasteiger partial charge in [0.1, 0.15) is 11.6 Å². The van der Waals surface area contributed by atoms with Crippen LogP contribution in [0, 0.1) is 0 Å². The van der Waals surface area contributed by atoms with Crippen LogP contribution in [-0.4, -0.2) is 24.2 Å². The van der Waals surface area contributed by atoms with Crippen LogP contribution in [0.4, 0.5) is 5.82 Å². The van der Waals surface area contributed by atoms with E-state index < -0.39 is 0 Å². The predicted octanol–water partition coefficient (Wildman–Crippen LogP) is 2.87. The fraction of sp³-hybridized carbons (Fsp3) is 0.267. The molecule has 0 unspecified atom stereocenters. The van der Waals surface area contributed by atoms with Gasteiger partial charge >= 0.3 is 0 Å². The standard InChI is InChI=1S/C15H17ClN2O2/c1-18(9-11-3-5-13(20-2)6-4-11)15-7-12(10-19)14(16)8-17-15/h3-8,19H,9-10H2,1-2H3. The summed E-state index contributed by atoms with van der Waals surface area (Å²) in [6, 6.07) is 9.68. The Labute approximate surface area is 123 Å². The molecule has 0 spiro atoms. The number of methoxy groups -OCH3 is 1. The Morgan fingerprint density at radius 2 is 2.00 bits per heavy atom. The number of hydrogen-bond donors (Lipinski definition) is 1. The van der Waals surface area contributed by atoms with Crippen LogP contribution >= 0.6 is 11.6 Å². The molecule has 0 amide bonds. The Balaban J connectivity index is 2.12. The van der Waals surface area contributed by atoms with E-state index in [1.54, 1.807) is 19.4 Å². The van der Waals surface area contributed by atoms with E-state index in [2.05, 4.69) is 4.98 Å². The van der Waals surface area contributed by atoms with E-state index in [9.17, 15) is 5.11 Å². The van der Waals surface area contributed by atoms with Gasteiger partial charge in [0, 0.05) is 25.4 Å². The summed E-state index contributed by atoms with van der Waals surface area (Å²) < 4.78 is 5.13. The summed E-state index contributed by atoms with van der Waals surface area (Å²) in [4.78, 5) is 6.27. The maximum absolute atomic E-state index is 9.23. The SMILES string of the molecule is COc1ccc(CN(C)c2cc(CO)c(Cl)cn2)cc1. The molecule has 4 nitrogen and oxygen atoms in total. The molecular weight excluding hydrogens is 276 g/mol. The van der Waals surface area contributed by atoms with Crippen molar-refractivity contribution >= 4 is 17.4 Å². The molecule has 1 heterocycles. The second kappa shape index (κ2) is 6.59. The van der Waals surface area contributed by atoms with E-state index in [0.29, 0.717) is 17.1 Å². The Hall–Kier alpha value is -1.78. The van der Waals surface area contributed by atoms with Crippen LogP contribution < -0.4 is 9.64 Å². The first-order valence-electron chi connectivity index (χ1n) is 6.23. The lowest BCUT2D eigenvalue weighted by Gasteiger charge is -2.19. The molecule has 0 saturated carbocycles. The number of nitrogens with zero attached hydrogens (tertiary/aromatic N) is 2. The first-order valence-corrected chi connectivity index (χ1v) is 6.61. The zero-order valence-corrected chi connectivity index (χ0v) is 12.3. The number of ether oxygens (including phenoxy) is 1. The number of anilines is 1. The van der Waals surface area contributed by atoms with Gasteiger partial charge in [0.15, 0.2) is 0 Å². The van der Waals surface area contributed by atoms with Gasteiger partial charge in [-0.15, -0.1) is 0 Å². The van der Waals surface area contributed by atoms with Crippen LogP contribution in [0.15, 0.2) is 36.5 Å². The maximum atomic E-state index is 9.23. The minimum absolute atomic E-state index is 0.0925. The monoisotopic (exact) mass is 292 g/mol. The largest absolute Gasteiger partial charge is 0.497 e. The molecule has 1 aromatic carbocycles. The third kappa shape index (κ3) is 3.40. The fourth-order valence-electron chi connectivity index (χ4n) is 1.88. The summed E-state index contributed by atoms with van der Waals surface area (Å²) in [6.07, 6.45) is 1.56. The summed E-state index contributed by atoms with van der Waals surface area (Å²) >= 11 is 5.94. The molecule has 5 heteroatoms.